The first-order valence-corrected chi connectivity index (χ1v) is 21.8. The predicted molar refractivity (Wildman–Crippen MR) is 233 cm³/mol. The third-order valence-electron chi connectivity index (χ3n) is 13.9. The number of amides is 1. The highest BCUT2D eigenvalue weighted by Crippen LogP contribution is 2.48. The summed E-state index contributed by atoms with van der Waals surface area (Å²) in [5.41, 5.74) is 4.07. The van der Waals surface area contributed by atoms with Gasteiger partial charge in [0.15, 0.2) is 23.1 Å². The van der Waals surface area contributed by atoms with Crippen molar-refractivity contribution in [1.29, 1.82) is 0 Å². The van der Waals surface area contributed by atoms with Gasteiger partial charge in [-0.1, -0.05) is 0 Å². The molecule has 0 radical (unpaired) electrons. The monoisotopic (exact) mass is 878 g/mol. The second-order valence-corrected chi connectivity index (χ2v) is 19.1. The van der Waals surface area contributed by atoms with Crippen molar-refractivity contribution in [2.45, 2.75) is 102 Å². The van der Waals surface area contributed by atoms with Crippen LogP contribution in [0, 0.1) is 35.3 Å². The van der Waals surface area contributed by atoms with Gasteiger partial charge in [-0.25, -0.2) is 23.2 Å². The molecule has 0 bridgehead atoms. The number of hydrogen-bond donors (Lipinski definition) is 4. The van der Waals surface area contributed by atoms with Gasteiger partial charge in [0.2, 0.25) is 0 Å². The Morgan fingerprint density at radius 1 is 0.683 bits per heavy atom. The van der Waals surface area contributed by atoms with E-state index < -0.39 is 45.8 Å². The molecular formula is C43H56F2N10O8. The quantitative estimate of drug-likeness (QED) is 0.196. The summed E-state index contributed by atoms with van der Waals surface area (Å²) in [7, 11) is 2.85. The summed E-state index contributed by atoms with van der Waals surface area (Å²) in [5, 5.41) is 3.06. The smallest absolute Gasteiger partial charge is 0.407 e. The minimum absolute atomic E-state index is 0.0148. The zero-order chi connectivity index (χ0) is 45.0. The van der Waals surface area contributed by atoms with Gasteiger partial charge in [0, 0.05) is 56.3 Å². The minimum atomic E-state index is -0.759. The van der Waals surface area contributed by atoms with Crippen LogP contribution in [-0.4, -0.2) is 82.7 Å². The number of carbonyl (C=O) groups excluding carboxylic acids is 1. The van der Waals surface area contributed by atoms with Crippen LogP contribution in [0.4, 0.5) is 25.0 Å². The number of anilines is 2. The molecule has 4 saturated carbocycles. The van der Waals surface area contributed by atoms with Crippen LogP contribution in [0.5, 0.6) is 11.5 Å². The van der Waals surface area contributed by atoms with Gasteiger partial charge in [0.05, 0.1) is 25.0 Å². The number of fused-ring (bicyclic) bond motifs is 4. The number of nitrogen functional groups attached to an aromatic ring is 2. The lowest BCUT2D eigenvalue weighted by molar-refractivity contribution is 0.0493. The van der Waals surface area contributed by atoms with Crippen LogP contribution >= 0.6 is 0 Å². The Bertz CT molecular complexity index is 2770. The Balaban J connectivity index is 0.000000164. The third-order valence-corrected chi connectivity index (χ3v) is 13.9. The van der Waals surface area contributed by atoms with E-state index in [1.54, 1.807) is 0 Å². The highest BCUT2D eigenvalue weighted by molar-refractivity contribution is 5.92. The normalized spacial score (nSPS) is 25.3. The van der Waals surface area contributed by atoms with Gasteiger partial charge in [0.25, 0.3) is 11.1 Å². The van der Waals surface area contributed by atoms with Crippen molar-refractivity contribution >= 4 is 39.3 Å². The minimum Gasteiger partial charge on any atom is -0.492 e. The Labute approximate surface area is 360 Å². The molecule has 2 saturated heterocycles. The van der Waals surface area contributed by atoms with Crippen LogP contribution in [0.3, 0.4) is 0 Å². The summed E-state index contributed by atoms with van der Waals surface area (Å²) < 4.78 is 51.5. The van der Waals surface area contributed by atoms with Crippen molar-refractivity contribution in [3.8, 4) is 11.5 Å². The number of carbonyl (C=O) groups is 1. The molecule has 2 aromatic heterocycles. The standard InChI is InChI=1S/C24H32FN5O5.C19H24FN5O3/c1-24(2,3)35-22(32)27-17-8-5-12-10-28(11-15(12)17)19-16(25)9-14-18(20(19)34-4)29(13-6-7-13)23(33)30(26)21(14)31;1-28-17-15-11(18(26)25(22)19(27)24(15)10-3-4-10)6-13(20)16(17)23-7-9-2-5-14(21)12(9)8-23/h9,12-13,15,17H,5-8,10-11,26H2,1-4H3,(H,27,32);6,9-10,12,14H,2-5,7-8,21-22H2,1H3. The van der Waals surface area contributed by atoms with Crippen molar-refractivity contribution < 1.29 is 27.8 Å². The van der Waals surface area contributed by atoms with Crippen LogP contribution < -0.4 is 64.5 Å². The second kappa shape index (κ2) is 15.5. The predicted octanol–water partition coefficient (Wildman–Crippen LogP) is 2.63. The third kappa shape index (κ3) is 7.22. The molecule has 10 rings (SSSR count). The molecule has 6 unspecified atom stereocenters. The number of benzene rings is 2. The van der Waals surface area contributed by atoms with Crippen LogP contribution in [-0.2, 0) is 4.74 Å². The molecule has 20 heteroatoms. The van der Waals surface area contributed by atoms with Crippen LogP contribution in [0.2, 0.25) is 0 Å². The van der Waals surface area contributed by atoms with E-state index in [4.69, 9.17) is 31.6 Å². The molecule has 2 aromatic carbocycles. The van der Waals surface area contributed by atoms with Crippen molar-refractivity contribution in [2.75, 3.05) is 61.9 Å². The fraction of sp³-hybridized carbons (Fsp3) is 0.605. The lowest BCUT2D eigenvalue weighted by Gasteiger charge is -2.27. The van der Waals surface area contributed by atoms with Gasteiger partial charge in [0.1, 0.15) is 28.0 Å². The fourth-order valence-corrected chi connectivity index (χ4v) is 10.8. The molecule has 1 amide bonds. The van der Waals surface area contributed by atoms with Crippen LogP contribution in [0.25, 0.3) is 21.8 Å². The first-order chi connectivity index (χ1) is 29.9. The van der Waals surface area contributed by atoms with E-state index in [9.17, 15) is 24.0 Å². The molecule has 6 aliphatic rings. The Hall–Kier alpha value is -5.79. The average molecular weight is 879 g/mol. The molecule has 63 heavy (non-hydrogen) atoms. The van der Waals surface area contributed by atoms with Crippen molar-refractivity contribution in [2.24, 2.45) is 29.4 Å². The Morgan fingerprint density at radius 3 is 1.56 bits per heavy atom. The number of methoxy groups -OCH3 is 2. The zero-order valence-corrected chi connectivity index (χ0v) is 36.2. The van der Waals surface area contributed by atoms with E-state index in [-0.39, 0.29) is 69.5 Å². The molecule has 6 atom stereocenters. The van der Waals surface area contributed by atoms with Crippen molar-refractivity contribution in [1.82, 2.24) is 23.8 Å². The summed E-state index contributed by atoms with van der Waals surface area (Å²) in [6.07, 6.45) is 6.47. The fourth-order valence-electron chi connectivity index (χ4n) is 10.8. The van der Waals surface area contributed by atoms with Gasteiger partial charge in [-0.15, -0.1) is 0 Å². The number of nitrogens with zero attached hydrogens (tertiary/aromatic N) is 6. The summed E-state index contributed by atoms with van der Waals surface area (Å²) in [5.74, 6) is 11.8. The molecule has 2 aliphatic heterocycles. The zero-order valence-electron chi connectivity index (χ0n) is 36.2. The second-order valence-electron chi connectivity index (χ2n) is 19.1. The van der Waals surface area contributed by atoms with E-state index in [1.165, 1.54) is 29.4 Å². The largest absolute Gasteiger partial charge is 0.492 e. The van der Waals surface area contributed by atoms with Gasteiger partial charge in [-0.3, -0.25) is 18.7 Å². The number of nitrogens with one attached hydrogen (secondary N) is 1. The molecular weight excluding hydrogens is 823 g/mol. The summed E-state index contributed by atoms with van der Waals surface area (Å²) >= 11 is 0. The number of aromatic nitrogens is 4. The first-order valence-electron chi connectivity index (χ1n) is 21.8. The van der Waals surface area contributed by atoms with Crippen LogP contribution in [0.15, 0.2) is 31.3 Å². The van der Waals surface area contributed by atoms with E-state index in [0.717, 1.165) is 57.4 Å². The number of nitrogens with two attached hydrogens (primary N) is 3. The maximum atomic E-state index is 15.6. The maximum absolute atomic E-state index is 15.6. The molecule has 0 spiro atoms. The Kier molecular flexibility index (Phi) is 10.4. The van der Waals surface area contributed by atoms with Gasteiger partial charge >= 0.3 is 17.5 Å². The number of hydrogen-bond acceptors (Lipinski definition) is 13. The highest BCUT2D eigenvalue weighted by Gasteiger charge is 2.46. The average Bonchev–Trinajstić information content (AvgIpc) is 4.10. The molecule has 7 N–H and O–H groups in total. The number of rotatable bonds is 7. The first kappa shape index (κ1) is 42.5. The molecule has 4 aromatic rings. The highest BCUT2D eigenvalue weighted by atomic mass is 19.1. The van der Waals surface area contributed by atoms with E-state index >= 15 is 8.78 Å². The maximum Gasteiger partial charge on any atom is 0.407 e. The molecule has 6 fully saturated rings. The van der Waals surface area contributed by atoms with Gasteiger partial charge < -0.3 is 46.7 Å². The summed E-state index contributed by atoms with van der Waals surface area (Å²) in [4.78, 5) is 67.1. The number of ether oxygens (including phenoxy) is 3. The molecule has 4 heterocycles. The molecule has 4 aliphatic carbocycles. The number of halogens is 2. The summed E-state index contributed by atoms with van der Waals surface area (Å²) in [6.45, 7) is 7.87. The van der Waals surface area contributed by atoms with E-state index in [2.05, 4.69) is 5.32 Å². The van der Waals surface area contributed by atoms with E-state index in [1.807, 2.05) is 30.6 Å². The lowest BCUT2D eigenvalue weighted by Crippen LogP contribution is -2.44. The van der Waals surface area contributed by atoms with Gasteiger partial charge in [-0.05, 0) is 102 Å². The van der Waals surface area contributed by atoms with Crippen molar-refractivity contribution in [3.63, 3.8) is 0 Å². The van der Waals surface area contributed by atoms with Gasteiger partial charge in [-0.2, -0.15) is 9.35 Å². The van der Waals surface area contributed by atoms with E-state index in [0.29, 0.717) is 58.6 Å². The summed E-state index contributed by atoms with van der Waals surface area (Å²) in [6, 6.07) is 2.23. The molecule has 340 valence electrons. The molecule has 18 nitrogen and oxygen atoms in total. The SMILES string of the molecule is COc1c(N2CC3CCC(N)C3C2)c(F)cc2c(=O)n(N)c(=O)n(C3CC3)c12.COc1c(N2CC3CCC(NC(=O)OC(C)(C)C)C3C2)c(F)cc2c(=O)n(N)c(=O)n(C3CC3)c12. The topological polar surface area (TPSA) is 229 Å². The number of alkyl carbamates (subject to hydrolysis) is 1. The van der Waals surface area contributed by atoms with Crippen molar-refractivity contribution in [3.05, 3.63) is 65.4 Å². The van der Waals surface area contributed by atoms with Crippen LogP contribution in [0.1, 0.15) is 84.2 Å². The Morgan fingerprint density at radius 2 is 1.13 bits per heavy atom. The lowest BCUT2D eigenvalue weighted by atomic mass is 9.98.